The van der Waals surface area contributed by atoms with Gasteiger partial charge in [0.05, 0.1) is 0 Å². The Hall–Kier alpha value is -3.08. The van der Waals surface area contributed by atoms with Crippen molar-refractivity contribution in [1.82, 2.24) is 5.58 Å². The van der Waals surface area contributed by atoms with E-state index in [1.165, 1.54) is 25.4 Å². The number of aliphatic imine (C=N–C) groups is 2. The molecule has 0 atom stereocenters. The summed E-state index contributed by atoms with van der Waals surface area (Å²) in [5.74, 6) is -0.576. The van der Waals surface area contributed by atoms with E-state index < -0.39 is 16.7 Å². The average Bonchev–Trinajstić information content (AvgIpc) is 3.68. The van der Waals surface area contributed by atoms with Gasteiger partial charge in [-0.25, -0.2) is 0 Å². The van der Waals surface area contributed by atoms with Gasteiger partial charge in [-0.2, -0.15) is 0 Å². The van der Waals surface area contributed by atoms with Gasteiger partial charge in [-0.1, -0.05) is 0 Å². The van der Waals surface area contributed by atoms with E-state index in [4.69, 9.17) is 37.3 Å². The number of ether oxygens (including phenoxy) is 2. The van der Waals surface area contributed by atoms with Crippen LogP contribution in [0.5, 0.6) is 0 Å². The molecular formula is C36H40Cl2N4O4Sn. The number of methoxy groups -OCH3 is 2. The van der Waals surface area contributed by atoms with E-state index in [0.29, 0.717) is 12.8 Å². The molecule has 6 bridgehead atoms. The monoisotopic (exact) mass is 782 g/mol. The van der Waals surface area contributed by atoms with Crippen LogP contribution in [0.15, 0.2) is 43.7 Å². The van der Waals surface area contributed by atoms with Crippen LogP contribution >= 0.6 is 17.8 Å². The first-order valence-corrected chi connectivity index (χ1v) is 25.9. The van der Waals surface area contributed by atoms with E-state index in [2.05, 4.69) is 71.4 Å². The van der Waals surface area contributed by atoms with Crippen LogP contribution in [0.4, 0.5) is 0 Å². The summed E-state index contributed by atoms with van der Waals surface area (Å²) in [6.07, 6.45) is 11.4. The van der Waals surface area contributed by atoms with Crippen molar-refractivity contribution in [3.05, 3.63) is 78.0 Å². The second-order valence-electron chi connectivity index (χ2n) is 12.3. The second kappa shape index (κ2) is 12.7. The van der Waals surface area contributed by atoms with Gasteiger partial charge in [0.15, 0.2) is 0 Å². The number of halogens is 2. The third-order valence-corrected chi connectivity index (χ3v) is 20.3. The summed E-state index contributed by atoms with van der Waals surface area (Å²) in [7, 11) is 18.8. The molecular weight excluding hydrogens is 742 g/mol. The standard InChI is InChI=1S/C36H40N4O4.2ClH.Sn/c1-9-23-19(3)27-15-28-21(5)25(11-13-35(41)43-7)33(39-28)18-34-26(12-14-36(42)44-8)22(6)30(40-34)17-32-24(10-2)20(4)29(38-32)16-31(23)37-27;;;/h15-18H,9-14H2,1-8H3;2*1H;/q-2;;;+4/p-2. The SMILES string of the molecule is CCC1=C(C)C2=NC1=Cc1c(C)c(CCC(=O)OC)c3[n]1[Sn]([Cl])([Cl])[n]1c(c(C)c(CC)c1=C2)=CC1=NC(=C3)C(CCC(=O)OC)=C1C. The molecule has 2 aromatic heterocycles. The number of hydrogen-bond donors (Lipinski definition) is 0. The van der Waals surface area contributed by atoms with E-state index in [1.54, 1.807) is 0 Å². The Morgan fingerprint density at radius 2 is 1.26 bits per heavy atom. The molecule has 47 heavy (non-hydrogen) atoms. The van der Waals surface area contributed by atoms with E-state index in [-0.39, 0.29) is 24.8 Å². The zero-order chi connectivity index (χ0) is 33.9. The van der Waals surface area contributed by atoms with Crippen LogP contribution in [0.25, 0.3) is 24.3 Å². The normalized spacial score (nSPS) is 17.4. The Bertz CT molecular complexity index is 2090. The molecule has 2 aromatic rings. The molecule has 0 radical (unpaired) electrons. The first-order chi connectivity index (χ1) is 22.4. The number of rotatable bonds is 8. The molecule has 0 N–H and O–H groups in total. The number of hydrogen-bond acceptors (Lipinski definition) is 6. The topological polar surface area (TPSA) is 87.2 Å². The first kappa shape index (κ1) is 33.8. The first-order valence-electron chi connectivity index (χ1n) is 16.1. The fourth-order valence-corrected chi connectivity index (χ4v) is 18.6. The van der Waals surface area contributed by atoms with Gasteiger partial charge < -0.3 is 0 Å². The number of carbonyl (C=O) groups excluding carboxylic acids is 2. The molecule has 246 valence electrons. The molecule has 4 aliphatic rings. The molecule has 0 spiro atoms. The zero-order valence-electron chi connectivity index (χ0n) is 28.2. The number of fused-ring (bicyclic) bond motifs is 2. The van der Waals surface area contributed by atoms with Gasteiger partial charge in [-0.05, 0) is 0 Å². The summed E-state index contributed by atoms with van der Waals surface area (Å²) in [6, 6.07) is 0. The minimum absolute atomic E-state index is 0.196. The van der Waals surface area contributed by atoms with Gasteiger partial charge in [0.2, 0.25) is 0 Å². The van der Waals surface area contributed by atoms with Crippen molar-refractivity contribution in [3.63, 3.8) is 0 Å². The van der Waals surface area contributed by atoms with E-state index >= 15 is 0 Å². The molecule has 0 saturated heterocycles. The van der Waals surface area contributed by atoms with Crippen LogP contribution < -0.4 is 10.7 Å². The minimum atomic E-state index is -4.75. The molecule has 4 aliphatic heterocycles. The molecule has 0 unspecified atom stereocenters. The van der Waals surface area contributed by atoms with Crippen LogP contribution in [0.3, 0.4) is 0 Å². The van der Waals surface area contributed by atoms with Crippen molar-refractivity contribution in [3.8, 4) is 0 Å². The van der Waals surface area contributed by atoms with Gasteiger partial charge in [0.1, 0.15) is 0 Å². The predicted molar refractivity (Wildman–Crippen MR) is 192 cm³/mol. The Balaban J connectivity index is 1.82. The van der Waals surface area contributed by atoms with E-state index in [1.807, 2.05) is 0 Å². The summed E-state index contributed by atoms with van der Waals surface area (Å²) >= 11 is -4.75. The van der Waals surface area contributed by atoms with Gasteiger partial charge in [-0.15, -0.1) is 0 Å². The molecule has 6 rings (SSSR count). The Labute approximate surface area is 287 Å². The molecule has 0 aromatic carbocycles. The van der Waals surface area contributed by atoms with Gasteiger partial charge in [-0.3, -0.25) is 0 Å². The van der Waals surface area contributed by atoms with Crippen molar-refractivity contribution in [2.24, 2.45) is 9.98 Å². The Kier molecular flexibility index (Phi) is 9.17. The summed E-state index contributed by atoms with van der Waals surface area (Å²) in [4.78, 5) is 35.2. The zero-order valence-corrected chi connectivity index (χ0v) is 32.6. The van der Waals surface area contributed by atoms with Crippen molar-refractivity contribution >= 4 is 82.2 Å². The maximum absolute atomic E-state index is 12.5. The number of allylic oxidation sites excluding steroid dienone is 4. The fraction of sp³-hybridized carbons (Fsp3) is 0.389. The van der Waals surface area contributed by atoms with Crippen LogP contribution in [0.1, 0.15) is 87.0 Å². The second-order valence-corrected chi connectivity index (χ2v) is 26.2. The van der Waals surface area contributed by atoms with E-state index in [0.717, 1.165) is 91.2 Å². The molecule has 0 aliphatic carbocycles. The number of aromatic nitrogens is 2. The molecule has 8 nitrogen and oxygen atoms in total. The molecule has 11 heteroatoms. The van der Waals surface area contributed by atoms with Crippen LogP contribution in [0.2, 0.25) is 0 Å². The molecule has 0 fully saturated rings. The molecule has 0 saturated carbocycles. The van der Waals surface area contributed by atoms with E-state index in [9.17, 15) is 9.59 Å². The summed E-state index contributed by atoms with van der Waals surface area (Å²) in [5.41, 5.74) is 13.6. The third-order valence-electron chi connectivity index (χ3n) is 9.98. The van der Waals surface area contributed by atoms with Crippen molar-refractivity contribution in [1.29, 1.82) is 0 Å². The van der Waals surface area contributed by atoms with Crippen LogP contribution in [-0.2, 0) is 31.9 Å². The summed E-state index contributed by atoms with van der Waals surface area (Å²) in [6.45, 7) is 12.7. The number of esters is 2. The number of carbonyl (C=O) groups is 2. The van der Waals surface area contributed by atoms with Crippen molar-refractivity contribution < 1.29 is 19.1 Å². The molecule has 6 heterocycles. The fourth-order valence-electron chi connectivity index (χ4n) is 7.36. The maximum atomic E-state index is 12.5. The summed E-state index contributed by atoms with van der Waals surface area (Å²) < 4.78 is 14.4. The average molecular weight is 782 g/mol. The predicted octanol–water partition coefficient (Wildman–Crippen LogP) is 6.06. The van der Waals surface area contributed by atoms with Gasteiger partial charge in [0, 0.05) is 0 Å². The van der Waals surface area contributed by atoms with Gasteiger partial charge in [0.25, 0.3) is 0 Å². The quantitative estimate of drug-likeness (QED) is 0.241. The Morgan fingerprint density at radius 1 is 0.702 bits per heavy atom. The van der Waals surface area contributed by atoms with Gasteiger partial charge >= 0.3 is 289 Å². The van der Waals surface area contributed by atoms with Crippen molar-refractivity contribution in [2.75, 3.05) is 14.2 Å². The van der Waals surface area contributed by atoms with Crippen LogP contribution in [0, 0.1) is 13.8 Å². The summed E-state index contributed by atoms with van der Waals surface area (Å²) in [5, 5.41) is 1.91. The number of nitrogens with zero attached hydrogens (tertiary/aromatic N) is 4. The van der Waals surface area contributed by atoms with Crippen LogP contribution in [-0.4, -0.2) is 59.8 Å². The third kappa shape index (κ3) is 5.44. The molecule has 0 amide bonds. The Morgan fingerprint density at radius 3 is 1.85 bits per heavy atom. The van der Waals surface area contributed by atoms with Crippen molar-refractivity contribution in [2.45, 2.75) is 80.1 Å².